The molecule has 1 saturated heterocycles. The highest BCUT2D eigenvalue weighted by Crippen LogP contribution is 2.25. The van der Waals surface area contributed by atoms with Crippen LogP contribution in [0.2, 0.25) is 0 Å². The summed E-state index contributed by atoms with van der Waals surface area (Å²) in [6.07, 6.45) is 0. The normalized spacial score (nSPS) is 21.3. The predicted molar refractivity (Wildman–Crippen MR) is 69.0 cm³/mol. The lowest BCUT2D eigenvalue weighted by molar-refractivity contribution is -0.132. The van der Waals surface area contributed by atoms with Gasteiger partial charge in [-0.05, 0) is 31.5 Å². The SMILES string of the molecule is CC1C(=O)NC(=O)CN1c1ccc([C@@H](C)N)cc1F. The molecule has 1 aliphatic heterocycles. The molecule has 0 aromatic heterocycles. The highest BCUT2D eigenvalue weighted by molar-refractivity contribution is 6.04. The van der Waals surface area contributed by atoms with Gasteiger partial charge in [0, 0.05) is 6.04 Å². The van der Waals surface area contributed by atoms with Crippen LogP contribution in [-0.2, 0) is 9.59 Å². The minimum atomic E-state index is -0.589. The topological polar surface area (TPSA) is 75.4 Å². The maximum Gasteiger partial charge on any atom is 0.249 e. The molecule has 1 heterocycles. The molecule has 2 rings (SSSR count). The van der Waals surface area contributed by atoms with Crippen LogP contribution in [0.3, 0.4) is 0 Å². The first-order valence-electron chi connectivity index (χ1n) is 6.05. The Kier molecular flexibility index (Phi) is 3.53. The Morgan fingerprint density at radius 3 is 2.74 bits per heavy atom. The summed E-state index contributed by atoms with van der Waals surface area (Å²) in [6.45, 7) is 3.34. The summed E-state index contributed by atoms with van der Waals surface area (Å²) in [7, 11) is 0. The van der Waals surface area contributed by atoms with Crippen LogP contribution < -0.4 is 16.0 Å². The highest BCUT2D eigenvalue weighted by atomic mass is 19.1. The van der Waals surface area contributed by atoms with Crippen molar-refractivity contribution in [2.75, 3.05) is 11.4 Å². The number of carbonyl (C=O) groups excluding carboxylic acids is 2. The van der Waals surface area contributed by atoms with Gasteiger partial charge in [0.25, 0.3) is 0 Å². The van der Waals surface area contributed by atoms with Crippen LogP contribution in [0.4, 0.5) is 10.1 Å². The van der Waals surface area contributed by atoms with Crippen LogP contribution in [-0.4, -0.2) is 24.4 Å². The number of imide groups is 1. The zero-order valence-electron chi connectivity index (χ0n) is 10.8. The van der Waals surface area contributed by atoms with Crippen molar-refractivity contribution in [3.05, 3.63) is 29.6 Å². The number of anilines is 1. The van der Waals surface area contributed by atoms with Crippen molar-refractivity contribution in [2.24, 2.45) is 5.73 Å². The van der Waals surface area contributed by atoms with Crippen LogP contribution in [0.1, 0.15) is 25.5 Å². The van der Waals surface area contributed by atoms with E-state index in [0.717, 1.165) is 0 Å². The lowest BCUT2D eigenvalue weighted by Crippen LogP contribution is -2.57. The molecule has 0 saturated carbocycles. The Morgan fingerprint density at radius 1 is 1.47 bits per heavy atom. The smallest absolute Gasteiger partial charge is 0.249 e. The lowest BCUT2D eigenvalue weighted by Gasteiger charge is -2.33. The monoisotopic (exact) mass is 265 g/mol. The van der Waals surface area contributed by atoms with Gasteiger partial charge in [0.2, 0.25) is 11.8 Å². The molecule has 2 atom stereocenters. The highest BCUT2D eigenvalue weighted by Gasteiger charge is 2.31. The number of carbonyl (C=O) groups is 2. The van der Waals surface area contributed by atoms with E-state index in [9.17, 15) is 14.0 Å². The van der Waals surface area contributed by atoms with E-state index < -0.39 is 23.7 Å². The van der Waals surface area contributed by atoms with E-state index >= 15 is 0 Å². The summed E-state index contributed by atoms with van der Waals surface area (Å²) in [6, 6.07) is 3.73. The van der Waals surface area contributed by atoms with E-state index in [1.807, 2.05) is 0 Å². The molecule has 1 unspecified atom stereocenters. The van der Waals surface area contributed by atoms with Gasteiger partial charge in [-0.3, -0.25) is 14.9 Å². The number of nitrogens with two attached hydrogens (primary N) is 1. The number of nitrogens with zero attached hydrogens (tertiary/aromatic N) is 1. The number of hydrogen-bond acceptors (Lipinski definition) is 4. The zero-order chi connectivity index (χ0) is 14.2. The molecule has 0 radical (unpaired) electrons. The van der Waals surface area contributed by atoms with E-state index in [-0.39, 0.29) is 18.3 Å². The summed E-state index contributed by atoms with van der Waals surface area (Å²) in [5.41, 5.74) is 6.59. The molecule has 1 aliphatic rings. The Balaban J connectivity index is 2.35. The third kappa shape index (κ3) is 2.58. The quantitative estimate of drug-likeness (QED) is 0.772. The number of hydrogen-bond donors (Lipinski definition) is 2. The molecule has 0 bridgehead atoms. The van der Waals surface area contributed by atoms with Crippen LogP contribution in [0.25, 0.3) is 0 Å². The second kappa shape index (κ2) is 4.97. The van der Waals surface area contributed by atoms with Crippen molar-refractivity contribution in [1.29, 1.82) is 0 Å². The Morgan fingerprint density at radius 2 is 2.16 bits per heavy atom. The van der Waals surface area contributed by atoms with Gasteiger partial charge in [-0.1, -0.05) is 6.07 Å². The van der Waals surface area contributed by atoms with E-state index in [2.05, 4.69) is 5.32 Å². The Hall–Kier alpha value is -1.95. The Bertz CT molecular complexity index is 531. The predicted octanol–water partition coefficient (Wildman–Crippen LogP) is 0.697. The van der Waals surface area contributed by atoms with Gasteiger partial charge >= 0.3 is 0 Å². The maximum absolute atomic E-state index is 14.1. The number of benzene rings is 1. The number of nitrogens with one attached hydrogen (secondary N) is 1. The lowest BCUT2D eigenvalue weighted by atomic mass is 10.1. The second-order valence-electron chi connectivity index (χ2n) is 4.72. The zero-order valence-corrected chi connectivity index (χ0v) is 10.8. The maximum atomic E-state index is 14.1. The molecular formula is C13H16FN3O2. The summed E-state index contributed by atoms with van der Waals surface area (Å²) in [4.78, 5) is 24.4. The van der Waals surface area contributed by atoms with Crippen LogP contribution in [0.5, 0.6) is 0 Å². The molecule has 5 nitrogen and oxygen atoms in total. The van der Waals surface area contributed by atoms with Gasteiger partial charge in [-0.15, -0.1) is 0 Å². The van der Waals surface area contributed by atoms with Crippen LogP contribution in [0.15, 0.2) is 18.2 Å². The van der Waals surface area contributed by atoms with E-state index in [0.29, 0.717) is 5.56 Å². The summed E-state index contributed by atoms with van der Waals surface area (Å²) >= 11 is 0. The van der Waals surface area contributed by atoms with Gasteiger partial charge in [-0.25, -0.2) is 4.39 Å². The van der Waals surface area contributed by atoms with Crippen molar-refractivity contribution in [1.82, 2.24) is 5.32 Å². The molecule has 0 spiro atoms. The average Bonchev–Trinajstić information content (AvgIpc) is 2.33. The van der Waals surface area contributed by atoms with Crippen molar-refractivity contribution >= 4 is 17.5 Å². The molecule has 102 valence electrons. The van der Waals surface area contributed by atoms with Crippen LogP contribution in [0, 0.1) is 5.82 Å². The van der Waals surface area contributed by atoms with Crippen molar-refractivity contribution in [3.8, 4) is 0 Å². The minimum absolute atomic E-state index is 0.0403. The second-order valence-corrected chi connectivity index (χ2v) is 4.72. The van der Waals surface area contributed by atoms with Gasteiger partial charge in [0.15, 0.2) is 0 Å². The summed E-state index contributed by atoms with van der Waals surface area (Å²) in [5.74, 6) is -1.34. The fourth-order valence-electron chi connectivity index (χ4n) is 2.05. The average molecular weight is 265 g/mol. The standard InChI is InChI=1S/C13H16FN3O2/c1-7(15)9-3-4-11(10(14)5-9)17-6-12(18)16-13(19)8(17)2/h3-5,7-8H,6,15H2,1-2H3,(H,16,18,19)/t7-,8?/m1/s1. The van der Waals surface area contributed by atoms with Gasteiger partial charge in [-0.2, -0.15) is 0 Å². The van der Waals surface area contributed by atoms with E-state index in [1.165, 1.54) is 11.0 Å². The van der Waals surface area contributed by atoms with Crippen LogP contribution >= 0.6 is 0 Å². The molecule has 1 aromatic carbocycles. The first kappa shape index (κ1) is 13.5. The molecule has 1 aromatic rings. The molecular weight excluding hydrogens is 249 g/mol. The Labute approximate surface area is 110 Å². The fraction of sp³-hybridized carbons (Fsp3) is 0.385. The van der Waals surface area contributed by atoms with Crippen molar-refractivity contribution in [2.45, 2.75) is 25.9 Å². The molecule has 0 aliphatic carbocycles. The van der Waals surface area contributed by atoms with Gasteiger partial charge < -0.3 is 10.6 Å². The molecule has 2 amide bonds. The number of rotatable bonds is 2. The largest absolute Gasteiger partial charge is 0.348 e. The van der Waals surface area contributed by atoms with E-state index in [1.54, 1.807) is 26.0 Å². The molecule has 1 fully saturated rings. The van der Waals surface area contributed by atoms with E-state index in [4.69, 9.17) is 5.73 Å². The van der Waals surface area contributed by atoms with Gasteiger partial charge in [0.1, 0.15) is 11.9 Å². The minimum Gasteiger partial charge on any atom is -0.348 e. The third-order valence-corrected chi connectivity index (χ3v) is 3.23. The number of piperazine rings is 1. The van der Waals surface area contributed by atoms with Gasteiger partial charge in [0.05, 0.1) is 12.2 Å². The summed E-state index contributed by atoms with van der Waals surface area (Å²) < 4.78 is 14.1. The molecule has 19 heavy (non-hydrogen) atoms. The summed E-state index contributed by atoms with van der Waals surface area (Å²) in [5, 5.41) is 2.22. The first-order chi connectivity index (χ1) is 8.90. The first-order valence-corrected chi connectivity index (χ1v) is 6.05. The third-order valence-electron chi connectivity index (χ3n) is 3.23. The molecule has 3 N–H and O–H groups in total. The number of amides is 2. The fourth-order valence-corrected chi connectivity index (χ4v) is 2.05. The number of halogens is 1. The van der Waals surface area contributed by atoms with Crippen molar-refractivity contribution in [3.63, 3.8) is 0 Å². The van der Waals surface area contributed by atoms with Crippen molar-refractivity contribution < 1.29 is 14.0 Å². The molecule has 6 heteroatoms.